The average molecular weight is 484 g/mol. The van der Waals surface area contributed by atoms with Crippen LogP contribution in [0.15, 0.2) is 53.7 Å². The number of anilines is 1. The molecule has 1 amide bonds. The Bertz CT molecular complexity index is 1250. The van der Waals surface area contributed by atoms with E-state index < -0.39 is 40.1 Å². The summed E-state index contributed by atoms with van der Waals surface area (Å²) < 4.78 is 85.1. The smallest absolute Gasteiger partial charge is 0.416 e. The summed E-state index contributed by atoms with van der Waals surface area (Å²) in [6, 6.07) is 5.55. The lowest BCUT2D eigenvalue weighted by Crippen LogP contribution is -2.27. The molecule has 3 aromatic rings. The molecule has 1 heterocycles. The summed E-state index contributed by atoms with van der Waals surface area (Å²) in [4.78, 5) is 17.8. The summed E-state index contributed by atoms with van der Waals surface area (Å²) in [5, 5.41) is 0. The molecule has 0 spiro atoms. The first kappa shape index (κ1) is 24.3. The number of nitrogens with zero attached hydrogens (tertiary/aromatic N) is 2. The molecule has 33 heavy (non-hydrogen) atoms. The van der Waals surface area contributed by atoms with Gasteiger partial charge in [0.15, 0.2) is 11.6 Å². The first-order valence-electron chi connectivity index (χ1n) is 9.25. The SMILES string of the molecule is COc1cc(-c2ccncc2N(C)C(=O)c2cc(S(C)=O)cc(C(F)(F)F)c2)c(F)cc1F. The van der Waals surface area contributed by atoms with Crippen molar-refractivity contribution in [2.24, 2.45) is 0 Å². The third-order valence-corrected chi connectivity index (χ3v) is 5.71. The first-order chi connectivity index (χ1) is 15.4. The van der Waals surface area contributed by atoms with Gasteiger partial charge in [0.1, 0.15) is 5.82 Å². The Hall–Kier alpha value is -3.34. The van der Waals surface area contributed by atoms with Crippen molar-refractivity contribution in [2.75, 3.05) is 25.3 Å². The number of pyridine rings is 1. The van der Waals surface area contributed by atoms with Gasteiger partial charge in [0.05, 0.1) is 24.6 Å². The standard InChI is InChI=1S/C22H17F5N2O3S/c1-29(21(30)12-6-13(22(25,26)27)8-14(7-12)33(3)31)19-11-28-5-4-15(19)16-9-20(32-2)18(24)10-17(16)23/h4-11H,1-3H3. The molecule has 0 saturated carbocycles. The van der Waals surface area contributed by atoms with Gasteiger partial charge in [-0.25, -0.2) is 8.78 Å². The Morgan fingerprint density at radius 2 is 1.76 bits per heavy atom. The van der Waals surface area contributed by atoms with Crippen LogP contribution in [-0.4, -0.2) is 35.5 Å². The van der Waals surface area contributed by atoms with Crippen LogP contribution in [0.2, 0.25) is 0 Å². The van der Waals surface area contributed by atoms with Crippen molar-refractivity contribution in [2.45, 2.75) is 11.1 Å². The highest BCUT2D eigenvalue weighted by atomic mass is 32.2. The molecule has 2 aromatic carbocycles. The van der Waals surface area contributed by atoms with Crippen LogP contribution in [0.25, 0.3) is 11.1 Å². The minimum Gasteiger partial charge on any atom is -0.494 e. The zero-order valence-electron chi connectivity index (χ0n) is 17.5. The number of carbonyl (C=O) groups is 1. The van der Waals surface area contributed by atoms with Gasteiger partial charge in [0.2, 0.25) is 0 Å². The fourth-order valence-corrected chi connectivity index (χ4v) is 3.71. The molecule has 11 heteroatoms. The number of methoxy groups -OCH3 is 1. The lowest BCUT2D eigenvalue weighted by atomic mass is 10.0. The summed E-state index contributed by atoms with van der Waals surface area (Å²) in [6.45, 7) is 0. The second-order valence-corrected chi connectivity index (χ2v) is 8.30. The molecule has 0 aliphatic rings. The number of aromatic nitrogens is 1. The van der Waals surface area contributed by atoms with Crippen molar-refractivity contribution in [1.82, 2.24) is 4.98 Å². The van der Waals surface area contributed by atoms with E-state index in [1.807, 2.05) is 0 Å². The van der Waals surface area contributed by atoms with Crippen molar-refractivity contribution in [1.29, 1.82) is 0 Å². The van der Waals surface area contributed by atoms with Gasteiger partial charge in [0, 0.05) is 58.0 Å². The third-order valence-electron chi connectivity index (χ3n) is 4.81. The largest absolute Gasteiger partial charge is 0.494 e. The van der Waals surface area contributed by atoms with E-state index in [9.17, 15) is 31.0 Å². The average Bonchev–Trinajstić information content (AvgIpc) is 2.77. The molecule has 1 unspecified atom stereocenters. The number of ether oxygens (including phenoxy) is 1. The van der Waals surface area contributed by atoms with Crippen molar-refractivity contribution in [3.63, 3.8) is 0 Å². The Kier molecular flexibility index (Phi) is 6.82. The molecule has 0 N–H and O–H groups in total. The van der Waals surface area contributed by atoms with E-state index in [1.54, 1.807) is 0 Å². The lowest BCUT2D eigenvalue weighted by molar-refractivity contribution is -0.137. The number of benzene rings is 2. The fourth-order valence-electron chi connectivity index (χ4n) is 3.13. The quantitative estimate of drug-likeness (QED) is 0.475. The number of alkyl halides is 3. The van der Waals surface area contributed by atoms with Gasteiger partial charge in [0.25, 0.3) is 5.91 Å². The van der Waals surface area contributed by atoms with Gasteiger partial charge in [-0.15, -0.1) is 0 Å². The molecule has 0 saturated heterocycles. The molecule has 0 aliphatic heterocycles. The minimum atomic E-state index is -4.77. The van der Waals surface area contributed by atoms with Crippen LogP contribution in [0, 0.1) is 11.6 Å². The normalized spacial score (nSPS) is 12.4. The Labute approximate surface area is 188 Å². The van der Waals surface area contributed by atoms with Crippen LogP contribution in [0.4, 0.5) is 27.6 Å². The fraction of sp³-hybridized carbons (Fsp3) is 0.182. The predicted molar refractivity (Wildman–Crippen MR) is 113 cm³/mol. The Morgan fingerprint density at radius 1 is 1.06 bits per heavy atom. The molecule has 3 rings (SSSR count). The molecule has 1 aromatic heterocycles. The van der Waals surface area contributed by atoms with E-state index in [4.69, 9.17) is 4.74 Å². The topological polar surface area (TPSA) is 59.5 Å². The second-order valence-electron chi connectivity index (χ2n) is 6.92. The van der Waals surface area contributed by atoms with Gasteiger partial charge in [-0.1, -0.05) is 0 Å². The highest BCUT2D eigenvalue weighted by molar-refractivity contribution is 7.84. The maximum Gasteiger partial charge on any atom is 0.416 e. The van der Waals surface area contributed by atoms with Crippen molar-refractivity contribution in [3.8, 4) is 16.9 Å². The summed E-state index contributed by atoms with van der Waals surface area (Å²) in [5.74, 6) is -2.99. The van der Waals surface area contributed by atoms with Crippen molar-refractivity contribution in [3.05, 3.63) is 71.6 Å². The number of halogens is 5. The Balaban J connectivity index is 2.12. The summed E-state index contributed by atoms with van der Waals surface area (Å²) in [7, 11) is 0.685. The molecular formula is C22H17F5N2O3S. The zero-order chi connectivity index (χ0) is 24.5. The van der Waals surface area contributed by atoms with Crippen LogP contribution in [0.5, 0.6) is 5.75 Å². The first-order valence-corrected chi connectivity index (χ1v) is 10.8. The van der Waals surface area contributed by atoms with Crippen molar-refractivity contribution >= 4 is 22.4 Å². The molecule has 0 aliphatic carbocycles. The van der Waals surface area contributed by atoms with Crippen LogP contribution in [0.3, 0.4) is 0 Å². The van der Waals surface area contributed by atoms with Crippen LogP contribution in [-0.2, 0) is 17.0 Å². The number of carbonyl (C=O) groups excluding carboxylic acids is 1. The summed E-state index contributed by atoms with van der Waals surface area (Å²) >= 11 is 0. The summed E-state index contributed by atoms with van der Waals surface area (Å²) in [6.07, 6.45) is -1.04. The molecular weight excluding hydrogens is 467 g/mol. The predicted octanol–water partition coefficient (Wildman–Crippen LogP) is 5.07. The van der Waals surface area contributed by atoms with Gasteiger partial charge < -0.3 is 9.64 Å². The number of hydrogen-bond acceptors (Lipinski definition) is 4. The van der Waals surface area contributed by atoms with Gasteiger partial charge in [-0.05, 0) is 30.3 Å². The van der Waals surface area contributed by atoms with E-state index in [-0.39, 0.29) is 33.0 Å². The van der Waals surface area contributed by atoms with Crippen LogP contribution >= 0.6 is 0 Å². The van der Waals surface area contributed by atoms with E-state index in [0.29, 0.717) is 18.2 Å². The van der Waals surface area contributed by atoms with Crippen molar-refractivity contribution < 1.29 is 35.7 Å². The molecule has 0 bridgehead atoms. The minimum absolute atomic E-state index is 0.0478. The monoisotopic (exact) mass is 484 g/mol. The number of amides is 1. The molecule has 1 atom stereocenters. The highest BCUT2D eigenvalue weighted by Crippen LogP contribution is 2.36. The summed E-state index contributed by atoms with van der Waals surface area (Å²) in [5.41, 5.74) is -1.43. The van der Waals surface area contributed by atoms with Gasteiger partial charge >= 0.3 is 6.18 Å². The number of hydrogen-bond donors (Lipinski definition) is 0. The van der Waals surface area contributed by atoms with E-state index in [1.165, 1.54) is 38.9 Å². The third kappa shape index (κ3) is 5.03. The Morgan fingerprint density at radius 3 is 2.36 bits per heavy atom. The van der Waals surface area contributed by atoms with Crippen LogP contribution in [0.1, 0.15) is 15.9 Å². The zero-order valence-corrected chi connectivity index (χ0v) is 18.4. The van der Waals surface area contributed by atoms with Gasteiger partial charge in [-0.2, -0.15) is 13.2 Å². The maximum atomic E-state index is 14.6. The highest BCUT2D eigenvalue weighted by Gasteiger charge is 2.33. The lowest BCUT2D eigenvalue weighted by Gasteiger charge is -2.22. The molecule has 174 valence electrons. The number of rotatable bonds is 5. The molecule has 0 radical (unpaired) electrons. The van der Waals surface area contributed by atoms with E-state index in [0.717, 1.165) is 17.0 Å². The molecule has 0 fully saturated rings. The van der Waals surface area contributed by atoms with Gasteiger partial charge in [-0.3, -0.25) is 14.0 Å². The second kappa shape index (κ2) is 9.26. The maximum absolute atomic E-state index is 14.6. The van der Waals surface area contributed by atoms with Crippen LogP contribution < -0.4 is 9.64 Å². The van der Waals surface area contributed by atoms with E-state index in [2.05, 4.69) is 4.98 Å². The van der Waals surface area contributed by atoms with E-state index >= 15 is 0 Å². The molecule has 5 nitrogen and oxygen atoms in total.